The minimum atomic E-state index is -0.168. The third-order valence-electron chi connectivity index (χ3n) is 3.99. The zero-order chi connectivity index (χ0) is 19.2. The van der Waals surface area contributed by atoms with Crippen molar-refractivity contribution >= 4 is 11.3 Å². The normalized spacial score (nSPS) is 12.8. The van der Waals surface area contributed by atoms with Crippen LogP contribution in [0.4, 0.5) is 0 Å². The van der Waals surface area contributed by atoms with Crippen molar-refractivity contribution in [1.29, 1.82) is 15.8 Å². The molecule has 0 amide bonds. The number of nitrogens with zero attached hydrogens (tertiary/aromatic N) is 4. The Morgan fingerprint density at radius 2 is 1.78 bits per heavy atom. The van der Waals surface area contributed by atoms with Crippen LogP contribution in [-0.4, -0.2) is 12.1 Å². The number of hydrogen-bond acceptors (Lipinski definition) is 6. The topological polar surface area (TPSA) is 106 Å². The molecule has 0 bridgehead atoms. The van der Waals surface area contributed by atoms with Gasteiger partial charge in [-0.25, -0.2) is 0 Å². The van der Waals surface area contributed by atoms with Crippen LogP contribution in [0.3, 0.4) is 0 Å². The molecule has 0 spiro atoms. The smallest absolute Gasteiger partial charge is 0.154 e. The van der Waals surface area contributed by atoms with Crippen LogP contribution in [0.2, 0.25) is 0 Å². The van der Waals surface area contributed by atoms with Gasteiger partial charge >= 0.3 is 0 Å². The van der Waals surface area contributed by atoms with Crippen LogP contribution in [0.5, 0.6) is 5.75 Å². The Bertz CT molecular complexity index is 1070. The van der Waals surface area contributed by atoms with E-state index in [4.69, 9.17) is 4.74 Å². The highest BCUT2D eigenvalue weighted by Gasteiger charge is 2.23. The van der Waals surface area contributed by atoms with Crippen LogP contribution in [0.15, 0.2) is 71.6 Å². The Labute approximate surface area is 156 Å². The van der Waals surface area contributed by atoms with Gasteiger partial charge in [0.2, 0.25) is 0 Å². The van der Waals surface area contributed by atoms with Crippen LogP contribution >= 0.6 is 0 Å². The largest absolute Gasteiger partial charge is 0.497 e. The first-order chi connectivity index (χ1) is 13.2. The van der Waals surface area contributed by atoms with Gasteiger partial charge in [0, 0.05) is 11.8 Å². The van der Waals surface area contributed by atoms with E-state index >= 15 is 0 Å². The average Bonchev–Trinajstić information content (AvgIpc) is 2.74. The summed E-state index contributed by atoms with van der Waals surface area (Å²) in [6, 6.07) is 18.5. The number of hydrogen-bond donors (Lipinski definition) is 1. The maximum Gasteiger partial charge on any atom is 0.154 e. The number of pyridine rings is 1. The molecule has 0 unspecified atom stereocenters. The number of nitriles is 3. The molecule has 128 valence electrons. The number of methoxy groups -OCH3 is 1. The summed E-state index contributed by atoms with van der Waals surface area (Å²) < 4.78 is 5.18. The summed E-state index contributed by atoms with van der Waals surface area (Å²) >= 11 is 0. The summed E-state index contributed by atoms with van der Waals surface area (Å²) in [6.07, 6.45) is 3.44. The lowest BCUT2D eigenvalue weighted by Gasteiger charge is -2.21. The molecule has 27 heavy (non-hydrogen) atoms. The fourth-order valence-electron chi connectivity index (χ4n) is 2.68. The van der Waals surface area contributed by atoms with E-state index in [2.05, 4.69) is 16.4 Å². The van der Waals surface area contributed by atoms with Gasteiger partial charge in [-0.05, 0) is 35.9 Å². The first-order valence-corrected chi connectivity index (χ1v) is 7.95. The summed E-state index contributed by atoms with van der Waals surface area (Å²) in [7, 11) is 1.57. The number of aromatic nitrogens is 1. The minimum Gasteiger partial charge on any atom is -0.497 e. The third kappa shape index (κ3) is 3.39. The van der Waals surface area contributed by atoms with Crippen LogP contribution in [0.1, 0.15) is 11.3 Å². The van der Waals surface area contributed by atoms with Crippen molar-refractivity contribution in [3.63, 3.8) is 0 Å². The Kier molecular flexibility index (Phi) is 4.98. The van der Waals surface area contributed by atoms with Crippen molar-refractivity contribution in [2.75, 3.05) is 7.11 Å². The standard InChI is InChI=1S/C21H13N5O/c1-27-16-7-5-14(6-8-16)17-10-20(19-4-2-3-9-25-19)26-21(18(17)13-24)15(11-22)12-23/h2-10,26H,1H3. The zero-order valence-corrected chi connectivity index (χ0v) is 14.4. The average molecular weight is 351 g/mol. The van der Waals surface area contributed by atoms with E-state index in [1.807, 2.05) is 30.3 Å². The van der Waals surface area contributed by atoms with Gasteiger partial charge in [-0.1, -0.05) is 18.2 Å². The number of ether oxygens (including phenoxy) is 1. The highest BCUT2D eigenvalue weighted by molar-refractivity contribution is 5.92. The van der Waals surface area contributed by atoms with Gasteiger partial charge < -0.3 is 10.1 Å². The van der Waals surface area contributed by atoms with Gasteiger partial charge in [-0.15, -0.1) is 0 Å². The highest BCUT2D eigenvalue weighted by Crippen LogP contribution is 2.33. The number of allylic oxidation sites excluding steroid dienone is 4. The van der Waals surface area contributed by atoms with Gasteiger partial charge in [0.05, 0.1) is 29.8 Å². The lowest BCUT2D eigenvalue weighted by atomic mass is 9.92. The van der Waals surface area contributed by atoms with Crippen LogP contribution < -0.4 is 10.1 Å². The second-order valence-corrected chi connectivity index (χ2v) is 5.50. The Morgan fingerprint density at radius 1 is 1.04 bits per heavy atom. The fraction of sp³-hybridized carbons (Fsp3) is 0.0476. The molecule has 6 heteroatoms. The van der Waals surface area contributed by atoms with E-state index in [1.54, 1.807) is 43.6 Å². The van der Waals surface area contributed by atoms with E-state index in [0.29, 0.717) is 22.7 Å². The molecule has 0 saturated heterocycles. The molecule has 2 aromatic rings. The molecule has 0 aliphatic carbocycles. The fourth-order valence-corrected chi connectivity index (χ4v) is 2.68. The van der Waals surface area contributed by atoms with Gasteiger partial charge in [0.1, 0.15) is 24.0 Å². The van der Waals surface area contributed by atoms with Gasteiger partial charge in [0.15, 0.2) is 5.57 Å². The van der Waals surface area contributed by atoms with Crippen molar-refractivity contribution in [2.24, 2.45) is 0 Å². The zero-order valence-electron chi connectivity index (χ0n) is 14.4. The molecular formula is C21H13N5O. The molecule has 6 nitrogen and oxygen atoms in total. The van der Waals surface area contributed by atoms with E-state index in [-0.39, 0.29) is 16.8 Å². The highest BCUT2D eigenvalue weighted by atomic mass is 16.5. The number of benzene rings is 1. The third-order valence-corrected chi connectivity index (χ3v) is 3.99. The summed E-state index contributed by atoms with van der Waals surface area (Å²) in [5.74, 6) is 0.686. The summed E-state index contributed by atoms with van der Waals surface area (Å²) in [6.45, 7) is 0. The van der Waals surface area contributed by atoms with E-state index in [1.165, 1.54) is 0 Å². The monoisotopic (exact) mass is 351 g/mol. The van der Waals surface area contributed by atoms with E-state index in [0.717, 1.165) is 5.56 Å². The molecule has 1 aliphatic heterocycles. The quantitative estimate of drug-likeness (QED) is 0.850. The van der Waals surface area contributed by atoms with Crippen molar-refractivity contribution < 1.29 is 4.74 Å². The van der Waals surface area contributed by atoms with Crippen molar-refractivity contribution in [3.05, 3.63) is 82.8 Å². The first kappa shape index (κ1) is 17.5. The summed E-state index contributed by atoms with van der Waals surface area (Å²) in [5.41, 5.74) is 2.81. The van der Waals surface area contributed by atoms with E-state index < -0.39 is 0 Å². The first-order valence-electron chi connectivity index (χ1n) is 7.95. The lowest BCUT2D eigenvalue weighted by molar-refractivity contribution is 0.415. The molecule has 1 aromatic heterocycles. The van der Waals surface area contributed by atoms with Crippen molar-refractivity contribution in [1.82, 2.24) is 10.3 Å². The van der Waals surface area contributed by atoms with Crippen molar-refractivity contribution in [3.8, 4) is 24.0 Å². The maximum absolute atomic E-state index is 9.72. The van der Waals surface area contributed by atoms with Gasteiger partial charge in [-0.2, -0.15) is 15.8 Å². The number of dihydropyridines is 1. The molecule has 0 atom stereocenters. The van der Waals surface area contributed by atoms with Crippen LogP contribution in [0.25, 0.3) is 11.3 Å². The van der Waals surface area contributed by atoms with E-state index in [9.17, 15) is 15.8 Å². The molecule has 0 radical (unpaired) electrons. The molecule has 1 aromatic carbocycles. The minimum absolute atomic E-state index is 0.168. The maximum atomic E-state index is 9.72. The summed E-state index contributed by atoms with van der Waals surface area (Å²) in [5, 5.41) is 31.4. The predicted octanol–water partition coefficient (Wildman–Crippen LogP) is 3.31. The van der Waals surface area contributed by atoms with Crippen LogP contribution in [0, 0.1) is 34.0 Å². The Morgan fingerprint density at radius 3 is 2.33 bits per heavy atom. The number of rotatable bonds is 3. The molecule has 0 fully saturated rings. The second-order valence-electron chi connectivity index (χ2n) is 5.50. The van der Waals surface area contributed by atoms with Gasteiger partial charge in [0.25, 0.3) is 0 Å². The lowest BCUT2D eigenvalue weighted by Crippen LogP contribution is -2.20. The predicted molar refractivity (Wildman–Crippen MR) is 99.1 cm³/mol. The second kappa shape index (κ2) is 7.70. The SMILES string of the molecule is COc1ccc(C2=C(C#N)C(=C(C#N)C#N)NC(c3ccccn3)=C2)cc1. The van der Waals surface area contributed by atoms with Crippen molar-refractivity contribution in [2.45, 2.75) is 0 Å². The Hall–Kier alpha value is -4.34. The van der Waals surface area contributed by atoms with Gasteiger partial charge in [-0.3, -0.25) is 4.98 Å². The Balaban J connectivity index is 2.27. The molecule has 1 N–H and O–H groups in total. The molecular weight excluding hydrogens is 338 g/mol. The molecule has 0 saturated carbocycles. The summed E-state index contributed by atoms with van der Waals surface area (Å²) in [4.78, 5) is 4.31. The van der Waals surface area contributed by atoms with Crippen LogP contribution in [-0.2, 0) is 0 Å². The molecule has 1 aliphatic rings. The molecule has 3 rings (SSSR count). The molecule has 2 heterocycles. The number of nitrogens with one attached hydrogen (secondary N) is 1.